The summed E-state index contributed by atoms with van der Waals surface area (Å²) in [6.07, 6.45) is -0.347. The van der Waals surface area contributed by atoms with Crippen molar-refractivity contribution in [1.29, 1.82) is 0 Å². The molecule has 0 aliphatic rings. The zero-order chi connectivity index (χ0) is 22.9. The van der Waals surface area contributed by atoms with Crippen molar-refractivity contribution in [3.05, 3.63) is 47.5 Å². The van der Waals surface area contributed by atoms with Crippen molar-refractivity contribution < 1.29 is 40.3 Å². The molecule has 1 amide bonds. The van der Waals surface area contributed by atoms with E-state index in [1.807, 2.05) is 0 Å². The van der Waals surface area contributed by atoms with Crippen LogP contribution in [-0.4, -0.2) is 43.4 Å². The van der Waals surface area contributed by atoms with Crippen molar-refractivity contribution in [2.45, 2.75) is 23.1 Å². The van der Waals surface area contributed by atoms with Gasteiger partial charge in [-0.25, -0.2) is 0 Å². The molecule has 13 heteroatoms. The summed E-state index contributed by atoms with van der Waals surface area (Å²) < 4.78 is 64.7. The number of Topliss-reactive ketones (excluding diaryl/α,β-unsaturated/α-hetero) is 1. The van der Waals surface area contributed by atoms with Gasteiger partial charge in [0.05, 0.1) is 17.0 Å². The fraction of sp³-hybridized carbons (Fsp3) is 0.118. The Morgan fingerprint density at radius 2 is 1.53 bits per heavy atom. The lowest BCUT2D eigenvalue weighted by Crippen LogP contribution is -2.16. The fourth-order valence-corrected chi connectivity index (χ4v) is 3.85. The molecule has 30 heavy (non-hydrogen) atoms. The van der Waals surface area contributed by atoms with Crippen LogP contribution in [0.4, 0.5) is 11.4 Å². The molecule has 2 aromatic carbocycles. The summed E-state index contributed by atoms with van der Waals surface area (Å²) in [7, 11) is -9.87. The minimum Gasteiger partial charge on any atom is -0.398 e. The van der Waals surface area contributed by atoms with E-state index < -0.39 is 53.0 Å². The minimum absolute atomic E-state index is 0.142. The van der Waals surface area contributed by atoms with Crippen molar-refractivity contribution >= 4 is 49.1 Å². The van der Waals surface area contributed by atoms with E-state index in [2.05, 4.69) is 5.32 Å². The Morgan fingerprint density at radius 1 is 0.967 bits per heavy atom. The van der Waals surface area contributed by atoms with Gasteiger partial charge in [-0.05, 0) is 43.3 Å². The highest BCUT2D eigenvalue weighted by Gasteiger charge is 2.28. The second kappa shape index (κ2) is 8.31. The van der Waals surface area contributed by atoms with Crippen LogP contribution in [0.25, 0.3) is 0 Å². The van der Waals surface area contributed by atoms with Gasteiger partial charge in [0, 0.05) is 16.8 Å². The van der Waals surface area contributed by atoms with Crippen molar-refractivity contribution in [3.63, 3.8) is 0 Å². The fourth-order valence-electron chi connectivity index (χ4n) is 2.52. The number of hydrogen-bond donors (Lipinski definition) is 4. The Hall–Kier alpha value is -3.13. The zero-order valence-electron chi connectivity index (χ0n) is 15.3. The average Bonchev–Trinajstić information content (AvgIpc) is 2.58. The first-order valence-electron chi connectivity index (χ1n) is 8.02. The molecule has 0 atom stereocenters. The van der Waals surface area contributed by atoms with Gasteiger partial charge in [-0.1, -0.05) is 0 Å². The molecule has 0 aliphatic heterocycles. The highest BCUT2D eigenvalue weighted by atomic mass is 32.2. The molecular formula is C17H16N2O9S2. The summed E-state index contributed by atoms with van der Waals surface area (Å²) in [4.78, 5) is 33.5. The monoisotopic (exact) mass is 456 g/mol. The lowest BCUT2D eigenvalue weighted by molar-refractivity contribution is -0.124. The van der Waals surface area contributed by atoms with Gasteiger partial charge in [0.25, 0.3) is 20.2 Å². The highest BCUT2D eigenvalue weighted by Crippen LogP contribution is 2.29. The summed E-state index contributed by atoms with van der Waals surface area (Å²) in [6, 6.07) is 6.11. The third kappa shape index (κ3) is 5.48. The molecule has 5 N–H and O–H groups in total. The van der Waals surface area contributed by atoms with Gasteiger partial charge in [-0.2, -0.15) is 16.8 Å². The summed E-state index contributed by atoms with van der Waals surface area (Å²) in [5, 5.41) is 2.41. The van der Waals surface area contributed by atoms with Gasteiger partial charge in [0.15, 0.2) is 5.78 Å². The topological polar surface area (TPSA) is 198 Å². The normalized spacial score (nSPS) is 11.7. The Labute approximate surface area is 171 Å². The Balaban J connectivity index is 2.51. The maximum Gasteiger partial charge on any atom is 0.297 e. The summed E-state index contributed by atoms with van der Waals surface area (Å²) >= 11 is 0. The van der Waals surface area contributed by atoms with Crippen LogP contribution in [-0.2, 0) is 29.8 Å². The number of rotatable bonds is 7. The van der Waals surface area contributed by atoms with Crippen molar-refractivity contribution in [3.8, 4) is 0 Å². The van der Waals surface area contributed by atoms with Crippen LogP contribution in [0, 0.1) is 0 Å². The number of amides is 1. The molecule has 0 aromatic heterocycles. The van der Waals surface area contributed by atoms with E-state index in [0.29, 0.717) is 12.1 Å². The third-order valence-corrected chi connectivity index (χ3v) is 5.53. The first-order valence-corrected chi connectivity index (χ1v) is 10.9. The molecule has 11 nitrogen and oxygen atoms in total. The molecular weight excluding hydrogens is 440 g/mol. The molecule has 0 bridgehead atoms. The van der Waals surface area contributed by atoms with Gasteiger partial charge < -0.3 is 11.1 Å². The molecule has 160 valence electrons. The number of benzene rings is 2. The second-order valence-electron chi connectivity index (χ2n) is 6.17. The van der Waals surface area contributed by atoms with Gasteiger partial charge in [0.2, 0.25) is 5.91 Å². The number of nitrogen functional groups attached to an aromatic ring is 1. The lowest BCUT2D eigenvalue weighted by atomic mass is 10.0. The molecule has 0 saturated heterocycles. The summed E-state index contributed by atoms with van der Waals surface area (Å²) in [6.45, 7) is 1.24. The standard InChI is InChI=1S/C17H16N2O9S2/c1-9(20)6-15(21)19-11-4-2-10(3-5-11)16(22)13-7-12(29(23,24)25)8-14(18)17(13)30(26,27)28/h2-5,7-8H,6,18H2,1H3,(H,19,21)(H,23,24,25)(H,26,27,28). The van der Waals surface area contributed by atoms with Gasteiger partial charge in [-0.3, -0.25) is 23.5 Å². The maximum atomic E-state index is 12.8. The van der Waals surface area contributed by atoms with Gasteiger partial charge >= 0.3 is 0 Å². The third-order valence-electron chi connectivity index (χ3n) is 3.73. The van der Waals surface area contributed by atoms with Crippen LogP contribution in [0.1, 0.15) is 29.3 Å². The van der Waals surface area contributed by atoms with E-state index in [4.69, 9.17) is 5.73 Å². The van der Waals surface area contributed by atoms with Crippen LogP contribution >= 0.6 is 0 Å². The van der Waals surface area contributed by atoms with Crippen LogP contribution in [0.15, 0.2) is 46.2 Å². The van der Waals surface area contributed by atoms with E-state index in [9.17, 15) is 40.3 Å². The average molecular weight is 456 g/mol. The molecule has 2 aromatic rings. The zero-order valence-corrected chi connectivity index (χ0v) is 17.0. The largest absolute Gasteiger partial charge is 0.398 e. The number of nitrogens with two attached hydrogens (primary N) is 1. The maximum absolute atomic E-state index is 12.8. The summed E-state index contributed by atoms with van der Waals surface area (Å²) in [5.41, 5.74) is 4.05. The lowest BCUT2D eigenvalue weighted by Gasteiger charge is -2.12. The highest BCUT2D eigenvalue weighted by molar-refractivity contribution is 7.86. The van der Waals surface area contributed by atoms with Gasteiger partial charge in [0.1, 0.15) is 10.7 Å². The van der Waals surface area contributed by atoms with Crippen molar-refractivity contribution in [1.82, 2.24) is 0 Å². The Kier molecular flexibility index (Phi) is 6.42. The van der Waals surface area contributed by atoms with Crippen LogP contribution in [0.5, 0.6) is 0 Å². The predicted octanol–water partition coefficient (Wildman–Crippen LogP) is 0.911. The molecule has 2 rings (SSSR count). The van der Waals surface area contributed by atoms with E-state index in [-0.39, 0.29) is 23.5 Å². The number of hydrogen-bond acceptors (Lipinski definition) is 8. The quantitative estimate of drug-likeness (QED) is 0.201. The molecule has 0 aliphatic carbocycles. The van der Waals surface area contributed by atoms with E-state index in [1.54, 1.807) is 0 Å². The number of nitrogens with one attached hydrogen (secondary N) is 1. The van der Waals surface area contributed by atoms with Gasteiger partial charge in [-0.15, -0.1) is 0 Å². The van der Waals surface area contributed by atoms with E-state index in [1.165, 1.54) is 31.2 Å². The van der Waals surface area contributed by atoms with Crippen LogP contribution < -0.4 is 11.1 Å². The molecule has 0 spiro atoms. The molecule has 0 fully saturated rings. The number of ketones is 2. The molecule has 0 saturated carbocycles. The van der Waals surface area contributed by atoms with Crippen molar-refractivity contribution in [2.75, 3.05) is 11.1 Å². The minimum atomic E-state index is -5.03. The van der Waals surface area contributed by atoms with Crippen LogP contribution in [0.3, 0.4) is 0 Å². The molecule has 0 unspecified atom stereocenters. The summed E-state index contributed by atoms with van der Waals surface area (Å²) in [5.74, 6) is -1.96. The SMILES string of the molecule is CC(=O)CC(=O)Nc1ccc(C(=O)c2cc(S(=O)(=O)O)cc(N)c2S(=O)(=O)O)cc1. The van der Waals surface area contributed by atoms with E-state index >= 15 is 0 Å². The number of anilines is 2. The first kappa shape index (κ1) is 23.2. The number of carbonyl (C=O) groups is 3. The van der Waals surface area contributed by atoms with Crippen LogP contribution in [0.2, 0.25) is 0 Å². The second-order valence-corrected chi connectivity index (χ2v) is 8.95. The Morgan fingerprint density at radius 3 is 2.00 bits per heavy atom. The van der Waals surface area contributed by atoms with E-state index in [0.717, 1.165) is 0 Å². The predicted molar refractivity (Wildman–Crippen MR) is 104 cm³/mol. The Bertz CT molecular complexity index is 1250. The smallest absolute Gasteiger partial charge is 0.297 e. The number of carbonyl (C=O) groups excluding carboxylic acids is 3. The molecule has 0 radical (unpaired) electrons. The first-order chi connectivity index (χ1) is 13.7. The molecule has 0 heterocycles. The van der Waals surface area contributed by atoms with Crippen molar-refractivity contribution in [2.24, 2.45) is 0 Å².